The van der Waals surface area contributed by atoms with Crippen LogP contribution in [0, 0.1) is 22.7 Å². The van der Waals surface area contributed by atoms with Crippen LogP contribution in [0.2, 0.25) is 0 Å². The zero-order chi connectivity index (χ0) is 13.5. The van der Waals surface area contributed by atoms with Crippen molar-refractivity contribution in [1.29, 1.82) is 10.5 Å². The van der Waals surface area contributed by atoms with Crippen molar-refractivity contribution in [2.75, 3.05) is 0 Å². The fraction of sp³-hybridized carbons (Fsp3) is 0. The molecular weight excluding hydrogens is 240 g/mol. The highest BCUT2D eigenvalue weighted by molar-refractivity contribution is 5.62. The van der Waals surface area contributed by atoms with E-state index in [-0.39, 0.29) is 5.57 Å². The van der Waals surface area contributed by atoms with Crippen molar-refractivity contribution in [1.82, 2.24) is 9.97 Å². The van der Waals surface area contributed by atoms with Crippen molar-refractivity contribution >= 4 is 6.08 Å². The van der Waals surface area contributed by atoms with E-state index in [1.165, 1.54) is 18.5 Å². The third kappa shape index (κ3) is 3.39. The van der Waals surface area contributed by atoms with Gasteiger partial charge in [-0.2, -0.15) is 10.5 Å². The SMILES string of the molecule is N#CC(C#N)=Cc1cccc(Oc2cnccn2)c1. The van der Waals surface area contributed by atoms with Gasteiger partial charge in [-0.1, -0.05) is 12.1 Å². The van der Waals surface area contributed by atoms with E-state index in [9.17, 15) is 0 Å². The molecule has 0 saturated carbocycles. The number of ether oxygens (including phenoxy) is 1. The molecule has 5 nitrogen and oxygen atoms in total. The summed E-state index contributed by atoms with van der Waals surface area (Å²) < 4.78 is 5.50. The molecule has 2 rings (SSSR count). The summed E-state index contributed by atoms with van der Waals surface area (Å²) in [5, 5.41) is 17.4. The van der Waals surface area contributed by atoms with Gasteiger partial charge in [-0.05, 0) is 23.8 Å². The number of rotatable bonds is 3. The molecule has 0 aliphatic rings. The molecule has 0 aliphatic heterocycles. The summed E-state index contributed by atoms with van der Waals surface area (Å²) in [7, 11) is 0. The Morgan fingerprint density at radius 1 is 1.21 bits per heavy atom. The summed E-state index contributed by atoms with van der Waals surface area (Å²) in [5.41, 5.74) is 0.746. The second kappa shape index (κ2) is 5.95. The Hall–Kier alpha value is -3.18. The van der Waals surface area contributed by atoms with Gasteiger partial charge in [0.05, 0.1) is 6.20 Å². The number of hydrogen-bond donors (Lipinski definition) is 0. The zero-order valence-electron chi connectivity index (χ0n) is 9.82. The van der Waals surface area contributed by atoms with Gasteiger partial charge in [0.15, 0.2) is 0 Å². The number of hydrogen-bond acceptors (Lipinski definition) is 5. The minimum atomic E-state index is 0.0386. The fourth-order valence-corrected chi connectivity index (χ4v) is 1.38. The van der Waals surface area contributed by atoms with Crippen LogP contribution in [0.15, 0.2) is 48.4 Å². The van der Waals surface area contributed by atoms with Crippen LogP contribution in [0.25, 0.3) is 6.08 Å². The first-order chi connectivity index (χ1) is 9.31. The van der Waals surface area contributed by atoms with Crippen LogP contribution in [0.5, 0.6) is 11.6 Å². The molecule has 0 unspecified atom stereocenters. The third-order valence-corrected chi connectivity index (χ3v) is 2.17. The molecule has 0 aliphatic carbocycles. The van der Waals surface area contributed by atoms with E-state index in [4.69, 9.17) is 15.3 Å². The van der Waals surface area contributed by atoms with E-state index >= 15 is 0 Å². The van der Waals surface area contributed by atoms with E-state index in [1.807, 2.05) is 0 Å². The molecule has 0 fully saturated rings. The smallest absolute Gasteiger partial charge is 0.237 e. The Morgan fingerprint density at radius 3 is 2.74 bits per heavy atom. The third-order valence-electron chi connectivity index (χ3n) is 2.17. The predicted molar refractivity (Wildman–Crippen MR) is 67.8 cm³/mol. The van der Waals surface area contributed by atoms with Gasteiger partial charge in [-0.25, -0.2) is 4.98 Å². The molecule has 19 heavy (non-hydrogen) atoms. The molecule has 0 spiro atoms. The lowest BCUT2D eigenvalue weighted by Crippen LogP contribution is -1.88. The van der Waals surface area contributed by atoms with E-state index in [0.717, 1.165) is 0 Å². The van der Waals surface area contributed by atoms with Crippen molar-refractivity contribution in [2.24, 2.45) is 0 Å². The maximum atomic E-state index is 8.70. The van der Waals surface area contributed by atoms with Crippen LogP contribution >= 0.6 is 0 Å². The average Bonchev–Trinajstić information content (AvgIpc) is 2.46. The Morgan fingerprint density at radius 2 is 2.05 bits per heavy atom. The lowest BCUT2D eigenvalue weighted by Gasteiger charge is -2.04. The summed E-state index contributed by atoms with van der Waals surface area (Å²) >= 11 is 0. The van der Waals surface area contributed by atoms with Crippen molar-refractivity contribution in [3.63, 3.8) is 0 Å². The van der Waals surface area contributed by atoms with Crippen LogP contribution in [0.3, 0.4) is 0 Å². The van der Waals surface area contributed by atoms with Crippen LogP contribution in [0.1, 0.15) is 5.56 Å². The number of benzene rings is 1. The van der Waals surface area contributed by atoms with E-state index in [1.54, 1.807) is 42.6 Å². The molecule has 5 heteroatoms. The largest absolute Gasteiger partial charge is 0.437 e. The second-order valence-corrected chi connectivity index (χ2v) is 3.50. The quantitative estimate of drug-likeness (QED) is 0.780. The number of nitrogens with zero attached hydrogens (tertiary/aromatic N) is 4. The Balaban J connectivity index is 2.24. The molecule has 90 valence electrons. The molecule has 0 bridgehead atoms. The van der Waals surface area contributed by atoms with Crippen LogP contribution in [-0.2, 0) is 0 Å². The molecule has 1 heterocycles. The van der Waals surface area contributed by atoms with E-state index < -0.39 is 0 Å². The van der Waals surface area contributed by atoms with Crippen molar-refractivity contribution in [3.05, 3.63) is 54.0 Å². The fourth-order valence-electron chi connectivity index (χ4n) is 1.38. The Labute approximate surface area is 110 Å². The van der Waals surface area contributed by atoms with Crippen LogP contribution in [-0.4, -0.2) is 9.97 Å². The monoisotopic (exact) mass is 248 g/mol. The van der Waals surface area contributed by atoms with Crippen molar-refractivity contribution in [3.8, 4) is 23.8 Å². The highest BCUT2D eigenvalue weighted by Crippen LogP contribution is 2.20. The summed E-state index contributed by atoms with van der Waals surface area (Å²) in [6.45, 7) is 0. The second-order valence-electron chi connectivity index (χ2n) is 3.50. The topological polar surface area (TPSA) is 82.6 Å². The van der Waals surface area contributed by atoms with Crippen molar-refractivity contribution < 1.29 is 4.74 Å². The Kier molecular flexibility index (Phi) is 3.84. The maximum absolute atomic E-state index is 8.70. The molecule has 1 aromatic heterocycles. The Bertz CT molecular complexity index is 665. The number of nitriles is 2. The standard InChI is InChI=1S/C14H8N4O/c15-8-12(9-16)6-11-2-1-3-13(7-11)19-14-10-17-4-5-18-14/h1-7,10H. The van der Waals surface area contributed by atoms with Gasteiger partial charge in [0.1, 0.15) is 23.5 Å². The summed E-state index contributed by atoms with van der Waals surface area (Å²) in [6.07, 6.45) is 6.07. The van der Waals surface area contributed by atoms with Gasteiger partial charge in [0, 0.05) is 12.4 Å². The first kappa shape index (κ1) is 12.3. The lowest BCUT2D eigenvalue weighted by atomic mass is 10.1. The highest BCUT2D eigenvalue weighted by atomic mass is 16.5. The molecular formula is C14H8N4O. The van der Waals surface area contributed by atoms with Crippen LogP contribution in [0.4, 0.5) is 0 Å². The molecule has 2 aromatic rings. The normalized spacial score (nSPS) is 8.95. The highest BCUT2D eigenvalue weighted by Gasteiger charge is 2.00. The molecule has 0 saturated heterocycles. The van der Waals surface area contributed by atoms with Crippen molar-refractivity contribution in [2.45, 2.75) is 0 Å². The van der Waals surface area contributed by atoms with Gasteiger partial charge in [0.25, 0.3) is 0 Å². The average molecular weight is 248 g/mol. The lowest BCUT2D eigenvalue weighted by molar-refractivity contribution is 0.460. The molecule has 1 aromatic carbocycles. The predicted octanol–water partition coefficient (Wildman–Crippen LogP) is 2.70. The maximum Gasteiger partial charge on any atom is 0.237 e. The summed E-state index contributed by atoms with van der Waals surface area (Å²) in [4.78, 5) is 7.88. The minimum Gasteiger partial charge on any atom is -0.437 e. The number of allylic oxidation sites excluding steroid dienone is 1. The first-order valence-electron chi connectivity index (χ1n) is 5.37. The molecule has 0 radical (unpaired) electrons. The van der Waals surface area contributed by atoms with Gasteiger partial charge < -0.3 is 4.74 Å². The van der Waals surface area contributed by atoms with Gasteiger partial charge in [-0.3, -0.25) is 4.98 Å². The summed E-state index contributed by atoms with van der Waals surface area (Å²) in [5.74, 6) is 0.939. The molecule has 0 N–H and O–H groups in total. The molecule has 0 atom stereocenters. The summed E-state index contributed by atoms with van der Waals surface area (Å²) in [6, 6.07) is 10.6. The van der Waals surface area contributed by atoms with Crippen LogP contribution < -0.4 is 4.74 Å². The van der Waals surface area contributed by atoms with Gasteiger partial charge >= 0.3 is 0 Å². The first-order valence-corrected chi connectivity index (χ1v) is 5.37. The minimum absolute atomic E-state index is 0.0386. The molecule has 0 amide bonds. The van der Waals surface area contributed by atoms with E-state index in [2.05, 4.69) is 9.97 Å². The number of aromatic nitrogens is 2. The zero-order valence-corrected chi connectivity index (χ0v) is 9.82. The van der Waals surface area contributed by atoms with Gasteiger partial charge in [-0.15, -0.1) is 0 Å². The van der Waals surface area contributed by atoms with E-state index in [0.29, 0.717) is 17.2 Å². The van der Waals surface area contributed by atoms with Gasteiger partial charge in [0.2, 0.25) is 5.88 Å².